The molecule has 2 aromatic heterocycles. The largest absolute Gasteiger partial charge is 0.493 e. The van der Waals surface area contributed by atoms with E-state index in [2.05, 4.69) is 23.1 Å². The van der Waals surface area contributed by atoms with E-state index in [1.54, 1.807) is 60.7 Å². The Balaban J connectivity index is 1.17. The molecule has 0 amide bonds. The Morgan fingerprint density at radius 3 is 1.47 bits per heavy atom. The highest BCUT2D eigenvalue weighted by Gasteiger charge is 2.18. The SMILES string of the molecule is C=CC(=O)OCCCOc1ccc(-c2ccc(C(=O)Oc3ccc(CCC)cc3OC(=O)c3ccc(-c4ccc(OCCCOC(=O)C=C)cc4)nc3)cn2)cc1. The molecule has 0 fully saturated rings. The van der Waals surface area contributed by atoms with Crippen molar-refractivity contribution in [3.8, 4) is 45.5 Å². The number of hydrogen-bond donors (Lipinski definition) is 0. The number of benzene rings is 3. The summed E-state index contributed by atoms with van der Waals surface area (Å²) >= 11 is 0. The van der Waals surface area contributed by atoms with Gasteiger partial charge in [-0.1, -0.05) is 32.6 Å². The van der Waals surface area contributed by atoms with Gasteiger partial charge in [0.25, 0.3) is 0 Å². The first-order valence-electron chi connectivity index (χ1n) is 18.3. The van der Waals surface area contributed by atoms with E-state index in [0.717, 1.165) is 41.7 Å². The molecule has 2 heterocycles. The maximum absolute atomic E-state index is 13.3. The van der Waals surface area contributed by atoms with E-state index in [4.69, 9.17) is 28.4 Å². The summed E-state index contributed by atoms with van der Waals surface area (Å²) < 4.78 is 32.8. The Morgan fingerprint density at radius 2 is 1.05 bits per heavy atom. The van der Waals surface area contributed by atoms with Gasteiger partial charge in [0.2, 0.25) is 0 Å². The molecule has 0 N–H and O–H groups in total. The van der Waals surface area contributed by atoms with Crippen molar-refractivity contribution in [3.05, 3.63) is 145 Å². The van der Waals surface area contributed by atoms with Gasteiger partial charge in [0.05, 0.1) is 48.9 Å². The summed E-state index contributed by atoms with van der Waals surface area (Å²) in [6, 6.07) is 26.4. The number of pyridine rings is 2. The number of aryl methyl sites for hydroxylation is 1. The second-order valence-corrected chi connectivity index (χ2v) is 12.4. The van der Waals surface area contributed by atoms with Crippen molar-refractivity contribution in [3.63, 3.8) is 0 Å². The van der Waals surface area contributed by atoms with E-state index in [0.29, 0.717) is 48.9 Å². The highest BCUT2D eigenvalue weighted by molar-refractivity contribution is 5.93. The molecule has 0 aliphatic rings. The van der Waals surface area contributed by atoms with Crippen molar-refractivity contribution in [1.82, 2.24) is 9.97 Å². The lowest BCUT2D eigenvalue weighted by Crippen LogP contribution is -2.13. The number of esters is 4. The van der Waals surface area contributed by atoms with Crippen LogP contribution in [0.3, 0.4) is 0 Å². The van der Waals surface area contributed by atoms with E-state index >= 15 is 0 Å². The number of rotatable bonds is 20. The van der Waals surface area contributed by atoms with E-state index in [1.807, 2.05) is 37.3 Å². The number of hydrogen-bond acceptors (Lipinski definition) is 12. The molecule has 0 aliphatic carbocycles. The third kappa shape index (κ3) is 12.5. The van der Waals surface area contributed by atoms with Crippen LogP contribution in [0.4, 0.5) is 0 Å². The summed E-state index contributed by atoms with van der Waals surface area (Å²) in [4.78, 5) is 57.7. The van der Waals surface area contributed by atoms with Gasteiger partial charge >= 0.3 is 23.9 Å². The van der Waals surface area contributed by atoms with Gasteiger partial charge in [-0.25, -0.2) is 19.2 Å². The number of aromatic nitrogens is 2. The highest BCUT2D eigenvalue weighted by Crippen LogP contribution is 2.31. The van der Waals surface area contributed by atoms with Crippen molar-refractivity contribution >= 4 is 23.9 Å². The molecule has 5 rings (SSSR count). The van der Waals surface area contributed by atoms with Crippen LogP contribution in [0.25, 0.3) is 22.5 Å². The lowest BCUT2D eigenvalue weighted by molar-refractivity contribution is -0.138. The Morgan fingerprint density at radius 1 is 0.579 bits per heavy atom. The molecule has 5 aromatic rings. The first-order valence-corrected chi connectivity index (χ1v) is 18.3. The molecule has 3 aromatic carbocycles. The van der Waals surface area contributed by atoms with Crippen LogP contribution in [0.2, 0.25) is 0 Å². The topological polar surface area (TPSA) is 149 Å². The molecule has 0 spiro atoms. The summed E-state index contributed by atoms with van der Waals surface area (Å²) in [5, 5.41) is 0. The molecule has 12 nitrogen and oxygen atoms in total. The summed E-state index contributed by atoms with van der Waals surface area (Å²) in [6.45, 7) is 9.98. The Bertz CT molecular complexity index is 2150. The number of nitrogens with zero attached hydrogens (tertiary/aromatic N) is 2. The quantitative estimate of drug-likeness (QED) is 0.0325. The minimum absolute atomic E-state index is 0.0800. The van der Waals surface area contributed by atoms with Crippen LogP contribution in [0.1, 0.15) is 52.5 Å². The summed E-state index contributed by atoms with van der Waals surface area (Å²) in [5.41, 5.74) is 4.22. The number of carbonyl (C=O) groups excluding carboxylic acids is 4. The molecular formula is C45H42N2O10. The van der Waals surface area contributed by atoms with Crippen LogP contribution >= 0.6 is 0 Å². The molecule has 0 saturated carbocycles. The van der Waals surface area contributed by atoms with Crippen molar-refractivity contribution < 1.29 is 47.6 Å². The predicted octanol–water partition coefficient (Wildman–Crippen LogP) is 8.20. The van der Waals surface area contributed by atoms with Crippen LogP contribution < -0.4 is 18.9 Å². The Labute approximate surface area is 330 Å². The second-order valence-electron chi connectivity index (χ2n) is 12.4. The Kier molecular flexibility index (Phi) is 15.2. The number of ether oxygens (including phenoxy) is 6. The minimum Gasteiger partial charge on any atom is -0.493 e. The average Bonchev–Trinajstić information content (AvgIpc) is 3.24. The molecule has 0 radical (unpaired) electrons. The average molecular weight is 771 g/mol. The summed E-state index contributed by atoms with van der Waals surface area (Å²) in [5.74, 6) is -0.799. The molecule has 0 bridgehead atoms. The van der Waals surface area contributed by atoms with Gasteiger partial charge in [0.1, 0.15) is 11.5 Å². The molecule has 12 heteroatoms. The van der Waals surface area contributed by atoms with Gasteiger partial charge in [0.15, 0.2) is 11.5 Å². The van der Waals surface area contributed by atoms with Crippen LogP contribution in [0.15, 0.2) is 129 Å². The van der Waals surface area contributed by atoms with Gasteiger partial charge in [-0.15, -0.1) is 0 Å². The summed E-state index contributed by atoms with van der Waals surface area (Å²) in [6.07, 6.45) is 7.75. The van der Waals surface area contributed by atoms with Crippen LogP contribution in [-0.4, -0.2) is 60.3 Å². The molecular weight excluding hydrogens is 728 g/mol. The second kappa shape index (κ2) is 21.1. The zero-order valence-electron chi connectivity index (χ0n) is 31.5. The number of carbonyl (C=O) groups is 4. The van der Waals surface area contributed by atoms with Gasteiger partial charge in [-0.3, -0.25) is 9.97 Å². The van der Waals surface area contributed by atoms with Gasteiger partial charge in [-0.2, -0.15) is 0 Å². The van der Waals surface area contributed by atoms with Crippen molar-refractivity contribution in [1.29, 1.82) is 0 Å². The zero-order chi connectivity index (χ0) is 40.4. The Hall–Kier alpha value is -7.08. The van der Waals surface area contributed by atoms with Crippen LogP contribution in [-0.2, 0) is 25.5 Å². The van der Waals surface area contributed by atoms with Crippen molar-refractivity contribution in [2.24, 2.45) is 0 Å². The summed E-state index contributed by atoms with van der Waals surface area (Å²) in [7, 11) is 0. The van der Waals surface area contributed by atoms with Crippen molar-refractivity contribution in [2.75, 3.05) is 26.4 Å². The van der Waals surface area contributed by atoms with Gasteiger partial charge in [0, 0.05) is 48.5 Å². The normalized spacial score (nSPS) is 10.5. The fraction of sp³-hybridized carbons (Fsp3) is 0.200. The highest BCUT2D eigenvalue weighted by atomic mass is 16.6. The van der Waals surface area contributed by atoms with E-state index in [-0.39, 0.29) is 35.8 Å². The molecule has 57 heavy (non-hydrogen) atoms. The lowest BCUT2D eigenvalue weighted by atomic mass is 10.1. The molecule has 0 aliphatic heterocycles. The third-order valence-electron chi connectivity index (χ3n) is 8.19. The van der Waals surface area contributed by atoms with Gasteiger partial charge in [-0.05, 0) is 96.9 Å². The zero-order valence-corrected chi connectivity index (χ0v) is 31.5. The third-order valence-corrected chi connectivity index (χ3v) is 8.19. The minimum atomic E-state index is -0.673. The predicted molar refractivity (Wildman–Crippen MR) is 212 cm³/mol. The van der Waals surface area contributed by atoms with Crippen LogP contribution in [0.5, 0.6) is 23.0 Å². The fourth-order valence-corrected chi connectivity index (χ4v) is 5.25. The maximum Gasteiger partial charge on any atom is 0.345 e. The van der Waals surface area contributed by atoms with Crippen LogP contribution in [0, 0.1) is 0 Å². The van der Waals surface area contributed by atoms with E-state index in [1.165, 1.54) is 12.4 Å². The molecule has 0 unspecified atom stereocenters. The van der Waals surface area contributed by atoms with E-state index < -0.39 is 23.9 Å². The smallest absolute Gasteiger partial charge is 0.345 e. The molecule has 292 valence electrons. The van der Waals surface area contributed by atoms with Gasteiger partial charge < -0.3 is 28.4 Å². The molecule has 0 atom stereocenters. The first-order chi connectivity index (χ1) is 27.8. The lowest BCUT2D eigenvalue weighted by Gasteiger charge is -2.13. The monoisotopic (exact) mass is 770 g/mol. The van der Waals surface area contributed by atoms with Crippen molar-refractivity contribution in [2.45, 2.75) is 32.6 Å². The van der Waals surface area contributed by atoms with E-state index in [9.17, 15) is 19.2 Å². The fourth-order valence-electron chi connectivity index (χ4n) is 5.25. The maximum atomic E-state index is 13.3. The molecule has 0 saturated heterocycles. The standard InChI is InChI=1S/C45H42N2O10/c1-4-9-31-10-23-40(56-44(50)34-15-21-38(46-29-34)32-11-17-36(18-12-32)52-24-7-26-54-42(48)5-2)41(28-31)57-45(51)35-16-22-39(47-30-35)33-13-19-37(20-14-33)53-25-8-27-55-43(49)6-3/h5-6,10-23,28-30H,2-4,7-9,24-27H2,1H3. The first kappa shape index (κ1) is 41.1.